The molecule has 0 aromatic rings. The zero-order valence-corrected chi connectivity index (χ0v) is 12.7. The molecule has 2 unspecified atom stereocenters. The van der Waals surface area contributed by atoms with E-state index in [0.717, 1.165) is 32.4 Å². The van der Waals surface area contributed by atoms with Crippen molar-refractivity contribution in [2.45, 2.75) is 51.7 Å². The number of ether oxygens (including phenoxy) is 1. The third-order valence-corrected chi connectivity index (χ3v) is 4.07. The summed E-state index contributed by atoms with van der Waals surface area (Å²) < 4.78 is 5.50. The Bertz CT molecular complexity index is 255. The fourth-order valence-corrected chi connectivity index (χ4v) is 2.19. The number of nitrogens with one attached hydrogen (secondary N) is 2. The molecule has 0 saturated carbocycles. The molecule has 0 aliphatic carbocycles. The van der Waals surface area contributed by atoms with Gasteiger partial charge >= 0.3 is 0 Å². The molecule has 1 fully saturated rings. The number of piperidine rings is 1. The first-order chi connectivity index (χ1) is 8.05. The second-order valence-corrected chi connectivity index (χ2v) is 5.10. The van der Waals surface area contributed by atoms with Gasteiger partial charge in [0.2, 0.25) is 0 Å². The molecule has 1 aliphatic rings. The summed E-state index contributed by atoms with van der Waals surface area (Å²) in [6.07, 6.45) is 2.58. The van der Waals surface area contributed by atoms with E-state index < -0.39 is 5.60 Å². The van der Waals surface area contributed by atoms with Crippen LogP contribution in [0.4, 0.5) is 0 Å². The average molecular weight is 279 g/mol. The maximum atomic E-state index is 12.3. The van der Waals surface area contributed by atoms with E-state index in [1.807, 2.05) is 0 Å². The van der Waals surface area contributed by atoms with Gasteiger partial charge in [-0.2, -0.15) is 0 Å². The number of amides is 1. The lowest BCUT2D eigenvalue weighted by Crippen LogP contribution is -2.56. The van der Waals surface area contributed by atoms with E-state index >= 15 is 0 Å². The Labute approximate surface area is 117 Å². The number of halogens is 1. The Kier molecular flexibility index (Phi) is 7.83. The van der Waals surface area contributed by atoms with Crippen LogP contribution < -0.4 is 10.6 Å². The van der Waals surface area contributed by atoms with Gasteiger partial charge in [-0.05, 0) is 38.8 Å². The Morgan fingerprint density at radius 1 is 1.39 bits per heavy atom. The molecule has 1 saturated heterocycles. The fraction of sp³-hybridized carbons (Fsp3) is 0.923. The molecule has 0 radical (unpaired) electrons. The Balaban J connectivity index is 0.00000289. The van der Waals surface area contributed by atoms with Gasteiger partial charge in [-0.15, -0.1) is 12.4 Å². The van der Waals surface area contributed by atoms with Crippen LogP contribution in [0.25, 0.3) is 0 Å². The van der Waals surface area contributed by atoms with Gasteiger partial charge in [0.1, 0.15) is 5.60 Å². The molecule has 1 amide bonds. The normalized spacial score (nSPS) is 21.6. The molecule has 2 N–H and O–H groups in total. The molecule has 4 nitrogen and oxygen atoms in total. The van der Waals surface area contributed by atoms with Crippen LogP contribution in [-0.4, -0.2) is 37.7 Å². The van der Waals surface area contributed by atoms with Crippen LogP contribution in [0.1, 0.15) is 40.0 Å². The Morgan fingerprint density at radius 3 is 2.39 bits per heavy atom. The van der Waals surface area contributed by atoms with Gasteiger partial charge < -0.3 is 15.4 Å². The second-order valence-electron chi connectivity index (χ2n) is 5.10. The van der Waals surface area contributed by atoms with Crippen molar-refractivity contribution in [2.75, 3.05) is 20.2 Å². The summed E-state index contributed by atoms with van der Waals surface area (Å²) in [5, 5.41) is 6.36. The van der Waals surface area contributed by atoms with E-state index in [1.54, 1.807) is 7.11 Å². The molecule has 0 bridgehead atoms. The molecule has 5 heteroatoms. The first-order valence-electron chi connectivity index (χ1n) is 6.62. The van der Waals surface area contributed by atoms with Gasteiger partial charge in [0.25, 0.3) is 5.91 Å². The summed E-state index contributed by atoms with van der Waals surface area (Å²) in [4.78, 5) is 12.3. The van der Waals surface area contributed by atoms with E-state index in [4.69, 9.17) is 4.74 Å². The van der Waals surface area contributed by atoms with Crippen LogP contribution >= 0.6 is 12.4 Å². The quantitative estimate of drug-likeness (QED) is 0.805. The zero-order chi connectivity index (χ0) is 12.9. The monoisotopic (exact) mass is 278 g/mol. The minimum Gasteiger partial charge on any atom is -0.368 e. The van der Waals surface area contributed by atoms with Crippen molar-refractivity contribution in [1.29, 1.82) is 0 Å². The molecule has 18 heavy (non-hydrogen) atoms. The van der Waals surface area contributed by atoms with Crippen LogP contribution in [0.5, 0.6) is 0 Å². The van der Waals surface area contributed by atoms with Crippen LogP contribution in [0, 0.1) is 5.92 Å². The van der Waals surface area contributed by atoms with Crippen LogP contribution in [0.15, 0.2) is 0 Å². The minimum absolute atomic E-state index is 0. The Hall–Kier alpha value is -0.320. The minimum atomic E-state index is -0.618. The summed E-state index contributed by atoms with van der Waals surface area (Å²) in [7, 11) is 1.64. The standard InChI is InChI=1S/C13H26N2O2.ClH/c1-5-10(2)11(3)15-12(16)13(17-4)6-8-14-9-7-13;/h10-11,14H,5-9H2,1-4H3,(H,15,16);1H. The van der Waals surface area contributed by atoms with Gasteiger partial charge in [-0.25, -0.2) is 0 Å². The number of carbonyl (C=O) groups excluding carboxylic acids is 1. The Morgan fingerprint density at radius 2 is 1.94 bits per heavy atom. The third-order valence-electron chi connectivity index (χ3n) is 4.07. The molecule has 0 spiro atoms. The van der Waals surface area contributed by atoms with Crippen molar-refractivity contribution in [3.05, 3.63) is 0 Å². The molecule has 1 aliphatic heterocycles. The summed E-state index contributed by atoms with van der Waals surface area (Å²) in [5.74, 6) is 0.545. The van der Waals surface area contributed by atoms with Crippen LogP contribution in [0.3, 0.4) is 0 Å². The molecule has 1 heterocycles. The molecule has 0 aromatic heterocycles. The molecule has 108 valence electrons. The first-order valence-corrected chi connectivity index (χ1v) is 6.62. The number of hydrogen-bond acceptors (Lipinski definition) is 3. The first kappa shape index (κ1) is 17.7. The lowest BCUT2D eigenvalue weighted by Gasteiger charge is -2.36. The smallest absolute Gasteiger partial charge is 0.252 e. The highest BCUT2D eigenvalue weighted by molar-refractivity contribution is 5.85. The van der Waals surface area contributed by atoms with Crippen molar-refractivity contribution >= 4 is 18.3 Å². The van der Waals surface area contributed by atoms with E-state index in [9.17, 15) is 4.79 Å². The molecule has 2 atom stereocenters. The fourth-order valence-electron chi connectivity index (χ4n) is 2.19. The van der Waals surface area contributed by atoms with E-state index in [2.05, 4.69) is 31.4 Å². The molecule has 0 aromatic carbocycles. The summed E-state index contributed by atoms with van der Waals surface area (Å²) in [6.45, 7) is 8.06. The SMILES string of the molecule is CCC(C)C(C)NC(=O)C1(OC)CCNCC1.Cl. The van der Waals surface area contributed by atoms with Crippen molar-refractivity contribution < 1.29 is 9.53 Å². The number of methoxy groups -OCH3 is 1. The molecule has 1 rings (SSSR count). The van der Waals surface area contributed by atoms with Crippen LogP contribution in [0.2, 0.25) is 0 Å². The topological polar surface area (TPSA) is 50.4 Å². The van der Waals surface area contributed by atoms with E-state index in [1.165, 1.54) is 0 Å². The highest BCUT2D eigenvalue weighted by atomic mass is 35.5. The summed E-state index contributed by atoms with van der Waals surface area (Å²) in [5.41, 5.74) is -0.618. The predicted molar refractivity (Wildman–Crippen MR) is 76.2 cm³/mol. The maximum absolute atomic E-state index is 12.3. The van der Waals surface area contributed by atoms with Gasteiger partial charge in [0, 0.05) is 13.2 Å². The largest absolute Gasteiger partial charge is 0.368 e. The highest BCUT2D eigenvalue weighted by Crippen LogP contribution is 2.23. The highest BCUT2D eigenvalue weighted by Gasteiger charge is 2.40. The second kappa shape index (κ2) is 7.97. The van der Waals surface area contributed by atoms with E-state index in [-0.39, 0.29) is 24.4 Å². The van der Waals surface area contributed by atoms with Crippen molar-refractivity contribution in [3.8, 4) is 0 Å². The number of rotatable bonds is 5. The van der Waals surface area contributed by atoms with Gasteiger partial charge in [-0.1, -0.05) is 20.3 Å². The van der Waals surface area contributed by atoms with Crippen LogP contribution in [-0.2, 0) is 9.53 Å². The summed E-state index contributed by atoms with van der Waals surface area (Å²) >= 11 is 0. The van der Waals surface area contributed by atoms with Crippen molar-refractivity contribution in [3.63, 3.8) is 0 Å². The van der Waals surface area contributed by atoms with Crippen molar-refractivity contribution in [2.24, 2.45) is 5.92 Å². The van der Waals surface area contributed by atoms with Crippen molar-refractivity contribution in [1.82, 2.24) is 10.6 Å². The number of carbonyl (C=O) groups is 1. The third kappa shape index (κ3) is 4.11. The van der Waals surface area contributed by atoms with Gasteiger partial charge in [0.15, 0.2) is 0 Å². The van der Waals surface area contributed by atoms with Gasteiger partial charge in [0.05, 0.1) is 0 Å². The van der Waals surface area contributed by atoms with Gasteiger partial charge in [-0.3, -0.25) is 4.79 Å². The molecular weight excluding hydrogens is 252 g/mol. The van der Waals surface area contributed by atoms with E-state index in [0.29, 0.717) is 5.92 Å². The molecular formula is C13H27ClN2O2. The summed E-state index contributed by atoms with van der Waals surface area (Å²) in [6, 6.07) is 0.203. The maximum Gasteiger partial charge on any atom is 0.252 e. The lowest BCUT2D eigenvalue weighted by molar-refractivity contribution is -0.147. The average Bonchev–Trinajstić information content (AvgIpc) is 2.38. The zero-order valence-electron chi connectivity index (χ0n) is 11.9. The lowest BCUT2D eigenvalue weighted by atomic mass is 9.90. The number of hydrogen-bond donors (Lipinski definition) is 2. The predicted octanol–water partition coefficient (Wildman–Crippen LogP) is 1.73.